The molecule has 0 heterocycles. The average molecular weight is 262 g/mol. The first kappa shape index (κ1) is 10.7. The first-order chi connectivity index (χ1) is 6.60. The van der Waals surface area contributed by atoms with Crippen molar-refractivity contribution < 1.29 is 9.66 Å². The number of benzene rings is 1. The summed E-state index contributed by atoms with van der Waals surface area (Å²) in [6.45, 7) is 0. The fraction of sp³-hybridized carbons (Fsp3) is 0.143. The SMILES string of the molecule is COc1cc([N+](=O)[O-])cc(Br)c1NN. The zero-order valence-corrected chi connectivity index (χ0v) is 8.87. The summed E-state index contributed by atoms with van der Waals surface area (Å²) in [6, 6.07) is 2.64. The lowest BCUT2D eigenvalue weighted by Gasteiger charge is -2.08. The molecule has 0 fully saturated rings. The standard InChI is InChI=1S/C7H8BrN3O3/c1-14-6-3-4(11(12)13)2-5(8)7(6)10-9/h2-3,10H,9H2,1H3. The predicted octanol–water partition coefficient (Wildman–Crippen LogP) is 1.65. The number of nitro groups is 1. The summed E-state index contributed by atoms with van der Waals surface area (Å²) in [5.74, 6) is 5.54. The Morgan fingerprint density at radius 3 is 2.71 bits per heavy atom. The van der Waals surface area contributed by atoms with Crippen LogP contribution in [0.3, 0.4) is 0 Å². The zero-order valence-electron chi connectivity index (χ0n) is 7.28. The number of nitrogens with one attached hydrogen (secondary N) is 1. The van der Waals surface area contributed by atoms with Gasteiger partial charge in [-0.2, -0.15) is 0 Å². The largest absolute Gasteiger partial charge is 0.494 e. The van der Waals surface area contributed by atoms with Gasteiger partial charge in [0.2, 0.25) is 0 Å². The van der Waals surface area contributed by atoms with Gasteiger partial charge in [-0.05, 0) is 15.9 Å². The molecule has 0 spiro atoms. The van der Waals surface area contributed by atoms with E-state index < -0.39 is 4.92 Å². The molecular formula is C7H8BrN3O3. The molecule has 0 aliphatic heterocycles. The monoisotopic (exact) mass is 261 g/mol. The Morgan fingerprint density at radius 1 is 1.64 bits per heavy atom. The maximum absolute atomic E-state index is 10.5. The number of nitrogen functional groups attached to an aromatic ring is 1. The number of hydrogen-bond donors (Lipinski definition) is 2. The highest BCUT2D eigenvalue weighted by atomic mass is 79.9. The van der Waals surface area contributed by atoms with E-state index in [0.717, 1.165) is 0 Å². The molecule has 6 nitrogen and oxygen atoms in total. The van der Waals surface area contributed by atoms with Crippen LogP contribution < -0.4 is 16.0 Å². The maximum Gasteiger partial charge on any atom is 0.274 e. The lowest BCUT2D eigenvalue weighted by molar-refractivity contribution is -0.385. The number of nitrogens with zero attached hydrogens (tertiary/aromatic N) is 1. The molecule has 1 rings (SSSR count). The molecule has 0 radical (unpaired) electrons. The number of nitrogens with two attached hydrogens (primary N) is 1. The Kier molecular flexibility index (Phi) is 3.26. The van der Waals surface area contributed by atoms with E-state index in [-0.39, 0.29) is 5.69 Å². The number of hydrazine groups is 1. The summed E-state index contributed by atoms with van der Waals surface area (Å²) >= 11 is 3.14. The lowest BCUT2D eigenvalue weighted by Crippen LogP contribution is -2.09. The normalized spacial score (nSPS) is 9.64. The second kappa shape index (κ2) is 4.25. The summed E-state index contributed by atoms with van der Waals surface area (Å²) in [5.41, 5.74) is 2.79. The molecule has 1 aromatic rings. The molecule has 0 amide bonds. The van der Waals surface area contributed by atoms with E-state index in [9.17, 15) is 10.1 Å². The lowest BCUT2D eigenvalue weighted by atomic mass is 10.2. The summed E-state index contributed by atoms with van der Waals surface area (Å²) in [4.78, 5) is 9.99. The van der Waals surface area contributed by atoms with Crippen LogP contribution in [0.25, 0.3) is 0 Å². The van der Waals surface area contributed by atoms with Crippen LogP contribution in [0.4, 0.5) is 11.4 Å². The van der Waals surface area contributed by atoms with Gasteiger partial charge >= 0.3 is 0 Å². The Labute approximate surface area is 88.3 Å². The highest BCUT2D eigenvalue weighted by Gasteiger charge is 2.14. The summed E-state index contributed by atoms with van der Waals surface area (Å²) in [5, 5.41) is 10.5. The van der Waals surface area contributed by atoms with E-state index in [4.69, 9.17) is 10.6 Å². The molecule has 0 atom stereocenters. The predicted molar refractivity (Wildman–Crippen MR) is 55.2 cm³/mol. The van der Waals surface area contributed by atoms with Crippen LogP contribution in [-0.4, -0.2) is 12.0 Å². The minimum absolute atomic E-state index is 0.0623. The topological polar surface area (TPSA) is 90.4 Å². The average Bonchev–Trinajstić information content (AvgIpc) is 2.16. The molecule has 0 aliphatic rings. The summed E-state index contributed by atoms with van der Waals surface area (Å²) in [7, 11) is 1.41. The highest BCUT2D eigenvalue weighted by molar-refractivity contribution is 9.10. The van der Waals surface area contributed by atoms with Crippen LogP contribution in [0.5, 0.6) is 5.75 Å². The molecule has 0 bridgehead atoms. The molecule has 0 aromatic heterocycles. The van der Waals surface area contributed by atoms with Crippen molar-refractivity contribution in [2.75, 3.05) is 12.5 Å². The molecule has 0 saturated carbocycles. The minimum atomic E-state index is -0.506. The second-order valence-corrected chi connectivity index (χ2v) is 3.26. The number of rotatable bonds is 3. The van der Waals surface area contributed by atoms with Crippen molar-refractivity contribution in [2.45, 2.75) is 0 Å². The van der Waals surface area contributed by atoms with Gasteiger partial charge in [0.25, 0.3) is 5.69 Å². The molecule has 0 unspecified atom stereocenters. The number of nitro benzene ring substituents is 1. The van der Waals surface area contributed by atoms with Crippen LogP contribution in [0, 0.1) is 10.1 Å². The molecule has 0 saturated heterocycles. The number of methoxy groups -OCH3 is 1. The number of anilines is 1. The molecular weight excluding hydrogens is 254 g/mol. The van der Waals surface area contributed by atoms with Gasteiger partial charge < -0.3 is 10.2 Å². The zero-order chi connectivity index (χ0) is 10.7. The first-order valence-electron chi connectivity index (χ1n) is 3.58. The van der Waals surface area contributed by atoms with E-state index in [1.807, 2.05) is 0 Å². The van der Waals surface area contributed by atoms with E-state index >= 15 is 0 Å². The second-order valence-electron chi connectivity index (χ2n) is 2.41. The van der Waals surface area contributed by atoms with Crippen molar-refractivity contribution in [1.29, 1.82) is 0 Å². The van der Waals surface area contributed by atoms with Crippen LogP contribution in [0.15, 0.2) is 16.6 Å². The molecule has 76 valence electrons. The van der Waals surface area contributed by atoms with Gasteiger partial charge in [-0.25, -0.2) is 0 Å². The van der Waals surface area contributed by atoms with Gasteiger partial charge in [-0.15, -0.1) is 0 Å². The molecule has 14 heavy (non-hydrogen) atoms. The number of non-ortho nitro benzene ring substituents is 1. The van der Waals surface area contributed by atoms with Crippen molar-refractivity contribution in [3.63, 3.8) is 0 Å². The number of hydrogen-bond acceptors (Lipinski definition) is 5. The van der Waals surface area contributed by atoms with Crippen LogP contribution in [-0.2, 0) is 0 Å². The van der Waals surface area contributed by atoms with Gasteiger partial charge in [-0.3, -0.25) is 16.0 Å². The van der Waals surface area contributed by atoms with Crippen molar-refractivity contribution in [3.8, 4) is 5.75 Å². The van der Waals surface area contributed by atoms with Gasteiger partial charge in [0.15, 0.2) is 5.75 Å². The van der Waals surface area contributed by atoms with E-state index in [1.165, 1.54) is 19.2 Å². The summed E-state index contributed by atoms with van der Waals surface area (Å²) < 4.78 is 5.41. The van der Waals surface area contributed by atoms with E-state index in [2.05, 4.69) is 21.4 Å². The Balaban J connectivity index is 3.31. The molecule has 3 N–H and O–H groups in total. The van der Waals surface area contributed by atoms with Crippen LogP contribution in [0.2, 0.25) is 0 Å². The molecule has 1 aromatic carbocycles. The van der Waals surface area contributed by atoms with Gasteiger partial charge in [0.05, 0.1) is 22.6 Å². The third-order valence-corrected chi connectivity index (χ3v) is 2.24. The van der Waals surface area contributed by atoms with Crippen LogP contribution in [0.1, 0.15) is 0 Å². The minimum Gasteiger partial charge on any atom is -0.494 e. The van der Waals surface area contributed by atoms with E-state index in [0.29, 0.717) is 15.9 Å². The number of halogens is 1. The fourth-order valence-electron chi connectivity index (χ4n) is 0.974. The first-order valence-corrected chi connectivity index (χ1v) is 4.38. The quantitative estimate of drug-likeness (QED) is 0.491. The van der Waals surface area contributed by atoms with Crippen molar-refractivity contribution >= 4 is 27.3 Å². The van der Waals surface area contributed by atoms with Crippen molar-refractivity contribution in [1.82, 2.24) is 0 Å². The van der Waals surface area contributed by atoms with Crippen molar-refractivity contribution in [2.24, 2.45) is 5.84 Å². The Bertz CT molecular complexity index is 369. The smallest absolute Gasteiger partial charge is 0.274 e. The highest BCUT2D eigenvalue weighted by Crippen LogP contribution is 2.35. The van der Waals surface area contributed by atoms with E-state index in [1.54, 1.807) is 0 Å². The molecule has 0 aliphatic carbocycles. The summed E-state index contributed by atoms with van der Waals surface area (Å²) in [6.07, 6.45) is 0. The maximum atomic E-state index is 10.5. The number of ether oxygens (including phenoxy) is 1. The van der Waals surface area contributed by atoms with Crippen molar-refractivity contribution in [3.05, 3.63) is 26.7 Å². The fourth-order valence-corrected chi connectivity index (χ4v) is 1.52. The Hall–Kier alpha value is -1.34. The molecule has 7 heteroatoms. The Morgan fingerprint density at radius 2 is 2.29 bits per heavy atom. The van der Waals surface area contributed by atoms with Crippen LogP contribution >= 0.6 is 15.9 Å². The van der Waals surface area contributed by atoms with Gasteiger partial charge in [0, 0.05) is 6.07 Å². The third-order valence-electron chi connectivity index (χ3n) is 1.61. The van der Waals surface area contributed by atoms with Gasteiger partial charge in [0.1, 0.15) is 5.69 Å². The van der Waals surface area contributed by atoms with Gasteiger partial charge in [-0.1, -0.05) is 0 Å². The third kappa shape index (κ3) is 1.94.